The van der Waals surface area contributed by atoms with Gasteiger partial charge in [-0.3, -0.25) is 15.3 Å². The molecule has 1 aliphatic heterocycles. The van der Waals surface area contributed by atoms with Crippen molar-refractivity contribution in [3.63, 3.8) is 0 Å². The summed E-state index contributed by atoms with van der Waals surface area (Å²) in [6, 6.07) is 4.01. The Morgan fingerprint density at radius 1 is 1.30 bits per heavy atom. The number of hydrogen-bond acceptors (Lipinski definition) is 6. The standard InChI is InChI=1S/C15H17ClN6O/c1-9-6-11-12(7-10(9)16)23-15(17-11)19-14-18-13(20-21-14)8-22-4-2-3-5-22/h6-7H,2-5,8H2,1H3,(H2,17,18,19,20,21). The maximum Gasteiger partial charge on any atom is 0.302 e. The molecular formula is C15H17ClN6O. The van der Waals surface area contributed by atoms with Crippen LogP contribution in [0.15, 0.2) is 16.5 Å². The predicted molar refractivity (Wildman–Crippen MR) is 87.9 cm³/mol. The summed E-state index contributed by atoms with van der Waals surface area (Å²) in [5.74, 6) is 1.29. The van der Waals surface area contributed by atoms with Gasteiger partial charge in [0.15, 0.2) is 5.58 Å². The predicted octanol–water partition coefficient (Wildman–Crippen LogP) is 3.25. The summed E-state index contributed by atoms with van der Waals surface area (Å²) in [5.41, 5.74) is 2.35. The number of aryl methyl sites for hydroxylation is 1. The summed E-state index contributed by atoms with van der Waals surface area (Å²) in [5, 5.41) is 10.8. The molecule has 8 heteroatoms. The van der Waals surface area contributed by atoms with Gasteiger partial charge in [-0.05, 0) is 44.5 Å². The van der Waals surface area contributed by atoms with Crippen LogP contribution in [0.1, 0.15) is 24.2 Å². The van der Waals surface area contributed by atoms with Gasteiger partial charge in [0.1, 0.15) is 11.3 Å². The number of oxazole rings is 1. The van der Waals surface area contributed by atoms with Gasteiger partial charge in [-0.1, -0.05) is 11.6 Å². The van der Waals surface area contributed by atoms with E-state index in [2.05, 4.69) is 30.4 Å². The molecule has 7 nitrogen and oxygen atoms in total. The van der Waals surface area contributed by atoms with Crippen molar-refractivity contribution in [2.45, 2.75) is 26.3 Å². The van der Waals surface area contributed by atoms with Gasteiger partial charge >= 0.3 is 6.01 Å². The van der Waals surface area contributed by atoms with Gasteiger partial charge in [0.25, 0.3) is 0 Å². The first-order valence-corrected chi connectivity index (χ1v) is 8.02. The van der Waals surface area contributed by atoms with Crippen molar-refractivity contribution in [2.24, 2.45) is 0 Å². The van der Waals surface area contributed by atoms with Crippen molar-refractivity contribution in [3.8, 4) is 0 Å². The molecule has 4 rings (SSSR count). The topological polar surface area (TPSA) is 82.9 Å². The zero-order valence-corrected chi connectivity index (χ0v) is 13.5. The Morgan fingerprint density at radius 2 is 2.13 bits per heavy atom. The second-order valence-electron chi connectivity index (χ2n) is 5.80. The minimum Gasteiger partial charge on any atom is -0.423 e. The molecule has 1 aromatic carbocycles. The van der Waals surface area contributed by atoms with Crippen molar-refractivity contribution < 1.29 is 4.42 Å². The van der Waals surface area contributed by atoms with Gasteiger partial charge < -0.3 is 4.42 Å². The lowest BCUT2D eigenvalue weighted by atomic mass is 10.2. The summed E-state index contributed by atoms with van der Waals surface area (Å²) >= 11 is 6.10. The number of anilines is 2. The molecule has 1 aliphatic rings. The van der Waals surface area contributed by atoms with Crippen LogP contribution in [0.4, 0.5) is 12.0 Å². The van der Waals surface area contributed by atoms with E-state index in [1.54, 1.807) is 6.07 Å². The molecule has 1 saturated heterocycles. The highest BCUT2D eigenvalue weighted by atomic mass is 35.5. The van der Waals surface area contributed by atoms with Gasteiger partial charge in [-0.15, -0.1) is 5.10 Å². The first-order valence-electron chi connectivity index (χ1n) is 7.65. The Labute approximate surface area is 138 Å². The van der Waals surface area contributed by atoms with Crippen LogP contribution in [-0.2, 0) is 6.54 Å². The molecule has 0 aliphatic carbocycles. The molecule has 0 unspecified atom stereocenters. The maximum atomic E-state index is 6.10. The number of likely N-dealkylation sites (tertiary alicyclic amines) is 1. The molecular weight excluding hydrogens is 316 g/mol. The van der Waals surface area contributed by atoms with Crippen molar-refractivity contribution in [1.29, 1.82) is 0 Å². The number of halogens is 1. The van der Waals surface area contributed by atoms with E-state index in [9.17, 15) is 0 Å². The third kappa shape index (κ3) is 3.02. The summed E-state index contributed by atoms with van der Waals surface area (Å²) in [4.78, 5) is 11.2. The van der Waals surface area contributed by atoms with Crippen molar-refractivity contribution in [1.82, 2.24) is 25.1 Å². The summed E-state index contributed by atoms with van der Waals surface area (Å²) in [6.45, 7) is 4.96. The lowest BCUT2D eigenvalue weighted by Crippen LogP contribution is -2.19. The number of aromatic amines is 1. The lowest BCUT2D eigenvalue weighted by Gasteiger charge is -2.10. The third-order valence-corrected chi connectivity index (χ3v) is 4.40. The molecule has 0 saturated carbocycles. The van der Waals surface area contributed by atoms with Crippen molar-refractivity contribution >= 4 is 34.7 Å². The van der Waals surface area contributed by atoms with Gasteiger partial charge in [-0.2, -0.15) is 9.97 Å². The Bertz CT molecular complexity index is 797. The molecule has 1 fully saturated rings. The second-order valence-corrected chi connectivity index (χ2v) is 6.21. The van der Waals surface area contributed by atoms with Crippen LogP contribution in [0.3, 0.4) is 0 Å². The number of fused-ring (bicyclic) bond motifs is 1. The Hall–Kier alpha value is -2.12. The average Bonchev–Trinajstić information content (AvgIpc) is 3.23. The van der Waals surface area contributed by atoms with Crippen LogP contribution in [-0.4, -0.2) is 38.2 Å². The molecule has 0 radical (unpaired) electrons. The second kappa shape index (κ2) is 5.82. The van der Waals surface area contributed by atoms with Gasteiger partial charge in [0, 0.05) is 11.1 Å². The van der Waals surface area contributed by atoms with Crippen LogP contribution in [0.5, 0.6) is 0 Å². The number of hydrogen-bond donors (Lipinski definition) is 2. The van der Waals surface area contributed by atoms with Crippen LogP contribution >= 0.6 is 11.6 Å². The highest BCUT2D eigenvalue weighted by molar-refractivity contribution is 6.32. The first-order chi connectivity index (χ1) is 11.2. The van der Waals surface area contributed by atoms with E-state index in [-0.39, 0.29) is 0 Å². The molecule has 0 spiro atoms. The highest BCUT2D eigenvalue weighted by Gasteiger charge is 2.15. The molecule has 120 valence electrons. The normalized spacial score (nSPS) is 15.6. The number of rotatable bonds is 4. The Kier molecular flexibility index (Phi) is 3.66. The summed E-state index contributed by atoms with van der Waals surface area (Å²) < 4.78 is 5.64. The Morgan fingerprint density at radius 3 is 2.96 bits per heavy atom. The van der Waals surface area contributed by atoms with Crippen LogP contribution < -0.4 is 5.32 Å². The van der Waals surface area contributed by atoms with Crippen LogP contribution in [0, 0.1) is 6.92 Å². The van der Waals surface area contributed by atoms with Crippen molar-refractivity contribution in [2.75, 3.05) is 18.4 Å². The highest BCUT2D eigenvalue weighted by Crippen LogP contribution is 2.26. The largest absolute Gasteiger partial charge is 0.423 e. The van der Waals surface area contributed by atoms with E-state index < -0.39 is 0 Å². The molecule has 0 atom stereocenters. The maximum absolute atomic E-state index is 6.10. The smallest absolute Gasteiger partial charge is 0.302 e. The number of nitrogens with zero attached hydrogens (tertiary/aromatic N) is 4. The number of aromatic nitrogens is 4. The SMILES string of the molecule is Cc1cc2nc(Nc3n[nH]c(CN4CCCC4)n3)oc2cc1Cl. The number of benzene rings is 1. The minimum atomic E-state index is 0.355. The summed E-state index contributed by atoms with van der Waals surface area (Å²) in [7, 11) is 0. The molecule has 2 N–H and O–H groups in total. The third-order valence-electron chi connectivity index (χ3n) is 3.99. The van der Waals surface area contributed by atoms with Crippen molar-refractivity contribution in [3.05, 3.63) is 28.5 Å². The lowest BCUT2D eigenvalue weighted by molar-refractivity contribution is 0.323. The Balaban J connectivity index is 1.50. The van der Waals surface area contributed by atoms with Gasteiger partial charge in [-0.25, -0.2) is 0 Å². The monoisotopic (exact) mass is 332 g/mol. The zero-order valence-electron chi connectivity index (χ0n) is 12.8. The van der Waals surface area contributed by atoms with E-state index in [0.29, 0.717) is 22.6 Å². The fourth-order valence-electron chi connectivity index (χ4n) is 2.78. The fraction of sp³-hybridized carbons (Fsp3) is 0.400. The number of H-pyrrole nitrogens is 1. The summed E-state index contributed by atoms with van der Waals surface area (Å²) in [6.07, 6.45) is 2.51. The minimum absolute atomic E-state index is 0.355. The van der Waals surface area contributed by atoms with Gasteiger partial charge in [0.2, 0.25) is 5.95 Å². The average molecular weight is 333 g/mol. The van der Waals surface area contributed by atoms with Crippen LogP contribution in [0.2, 0.25) is 5.02 Å². The van der Waals surface area contributed by atoms with E-state index in [0.717, 1.165) is 36.5 Å². The quantitative estimate of drug-likeness (QED) is 0.763. The molecule has 23 heavy (non-hydrogen) atoms. The van der Waals surface area contributed by atoms with E-state index in [1.807, 2.05) is 13.0 Å². The number of nitrogens with one attached hydrogen (secondary N) is 2. The zero-order chi connectivity index (χ0) is 15.8. The molecule has 2 aromatic heterocycles. The molecule has 3 heterocycles. The molecule has 0 amide bonds. The van der Waals surface area contributed by atoms with E-state index in [4.69, 9.17) is 16.0 Å². The van der Waals surface area contributed by atoms with Crippen LogP contribution in [0.25, 0.3) is 11.1 Å². The van der Waals surface area contributed by atoms with Gasteiger partial charge in [0.05, 0.1) is 6.54 Å². The van der Waals surface area contributed by atoms with E-state index in [1.165, 1.54) is 12.8 Å². The van der Waals surface area contributed by atoms with E-state index >= 15 is 0 Å². The first kappa shape index (κ1) is 14.5. The fourth-order valence-corrected chi connectivity index (χ4v) is 2.93. The molecule has 3 aromatic rings. The molecule has 0 bridgehead atoms.